The van der Waals surface area contributed by atoms with E-state index in [2.05, 4.69) is 15.9 Å². The van der Waals surface area contributed by atoms with Gasteiger partial charge in [0.25, 0.3) is 0 Å². The molecule has 0 saturated heterocycles. The second kappa shape index (κ2) is 4.45. The van der Waals surface area contributed by atoms with Crippen LogP contribution in [0.15, 0.2) is 16.6 Å². The lowest BCUT2D eigenvalue weighted by molar-refractivity contribution is -0.131. The normalized spacial score (nSPS) is 9.29. The van der Waals surface area contributed by atoms with Gasteiger partial charge in [-0.15, -0.1) is 0 Å². The summed E-state index contributed by atoms with van der Waals surface area (Å²) in [4.78, 5) is 10.7. The fourth-order valence-corrected chi connectivity index (χ4v) is 1.78. The van der Waals surface area contributed by atoms with Crippen LogP contribution >= 0.6 is 27.5 Å². The molecule has 14 heavy (non-hydrogen) atoms. The second-order valence-corrected chi connectivity index (χ2v) is 3.76. The molecule has 0 spiro atoms. The van der Waals surface area contributed by atoms with Crippen molar-refractivity contribution in [3.8, 4) is 11.8 Å². The highest BCUT2D eigenvalue weighted by molar-refractivity contribution is 9.10. The quantitative estimate of drug-likeness (QED) is 0.584. The number of hydrogen-bond donors (Lipinski definition) is 0. The van der Waals surface area contributed by atoms with E-state index in [-0.39, 0.29) is 11.3 Å². The first-order chi connectivity index (χ1) is 6.54. The molecule has 0 aromatic heterocycles. The maximum atomic E-state index is 10.7. The molecule has 5 heteroatoms. The molecule has 0 unspecified atom stereocenters. The molecule has 0 aliphatic rings. The summed E-state index contributed by atoms with van der Waals surface area (Å²) in [6, 6.07) is 4.88. The molecule has 0 aliphatic carbocycles. The van der Waals surface area contributed by atoms with Crippen LogP contribution in [0.5, 0.6) is 5.75 Å². The van der Waals surface area contributed by atoms with Gasteiger partial charge in [0.15, 0.2) is 5.75 Å². The van der Waals surface area contributed by atoms with Gasteiger partial charge in [-0.2, -0.15) is 5.26 Å². The van der Waals surface area contributed by atoms with Crippen LogP contribution < -0.4 is 4.74 Å². The van der Waals surface area contributed by atoms with Crippen LogP contribution in [0.3, 0.4) is 0 Å². The minimum Gasteiger partial charge on any atom is -0.424 e. The van der Waals surface area contributed by atoms with Crippen molar-refractivity contribution in [2.24, 2.45) is 0 Å². The van der Waals surface area contributed by atoms with E-state index >= 15 is 0 Å². The number of esters is 1. The molecular formula is C9H5BrClNO2. The molecule has 1 aromatic carbocycles. The average molecular weight is 275 g/mol. The third-order valence-electron chi connectivity index (χ3n) is 1.37. The highest BCUT2D eigenvalue weighted by atomic mass is 79.9. The summed E-state index contributed by atoms with van der Waals surface area (Å²) in [7, 11) is 0. The number of hydrogen-bond acceptors (Lipinski definition) is 3. The van der Waals surface area contributed by atoms with Crippen molar-refractivity contribution in [1.82, 2.24) is 0 Å². The molecule has 0 atom stereocenters. The minimum atomic E-state index is -0.482. The predicted octanol–water partition coefficient (Wildman–Crippen LogP) is 2.90. The van der Waals surface area contributed by atoms with Gasteiger partial charge in [-0.1, -0.05) is 11.6 Å². The molecule has 0 bridgehead atoms. The van der Waals surface area contributed by atoms with Crippen LogP contribution in [0.4, 0.5) is 0 Å². The van der Waals surface area contributed by atoms with E-state index in [1.54, 1.807) is 6.07 Å². The summed E-state index contributed by atoms with van der Waals surface area (Å²) in [6.45, 7) is 1.27. The minimum absolute atomic E-state index is 0.199. The van der Waals surface area contributed by atoms with Gasteiger partial charge in [-0.3, -0.25) is 4.79 Å². The second-order valence-electron chi connectivity index (χ2n) is 2.47. The smallest absolute Gasteiger partial charge is 0.308 e. The van der Waals surface area contributed by atoms with Crippen LogP contribution in [0.1, 0.15) is 12.5 Å². The highest BCUT2D eigenvalue weighted by Crippen LogP contribution is 2.32. The maximum absolute atomic E-state index is 10.7. The Bertz CT molecular complexity index is 426. The Balaban J connectivity index is 3.27. The van der Waals surface area contributed by atoms with Crippen molar-refractivity contribution >= 4 is 33.5 Å². The van der Waals surface area contributed by atoms with Gasteiger partial charge in [-0.25, -0.2) is 0 Å². The Morgan fingerprint density at radius 3 is 2.79 bits per heavy atom. The van der Waals surface area contributed by atoms with E-state index in [1.165, 1.54) is 13.0 Å². The largest absolute Gasteiger partial charge is 0.424 e. The van der Waals surface area contributed by atoms with E-state index in [4.69, 9.17) is 21.6 Å². The molecule has 0 radical (unpaired) electrons. The molecule has 0 fully saturated rings. The Kier molecular flexibility index (Phi) is 3.50. The number of rotatable bonds is 1. The molecule has 1 aromatic rings. The first-order valence-electron chi connectivity index (χ1n) is 3.62. The van der Waals surface area contributed by atoms with Gasteiger partial charge < -0.3 is 4.74 Å². The Morgan fingerprint density at radius 2 is 2.29 bits per heavy atom. The van der Waals surface area contributed by atoms with Gasteiger partial charge in [-0.05, 0) is 28.1 Å². The molecule has 0 aliphatic heterocycles. The maximum Gasteiger partial charge on any atom is 0.308 e. The zero-order chi connectivity index (χ0) is 10.7. The van der Waals surface area contributed by atoms with E-state index in [1.807, 2.05) is 6.07 Å². The summed E-state index contributed by atoms with van der Waals surface area (Å²) in [5.74, 6) is -0.283. The van der Waals surface area contributed by atoms with Crippen molar-refractivity contribution < 1.29 is 9.53 Å². The first-order valence-corrected chi connectivity index (χ1v) is 4.79. The Labute approximate surface area is 94.4 Å². The number of halogens is 2. The molecule has 0 amide bonds. The fourth-order valence-electron chi connectivity index (χ4n) is 0.891. The number of benzene rings is 1. The highest BCUT2D eigenvalue weighted by Gasteiger charge is 2.11. The Morgan fingerprint density at radius 1 is 1.64 bits per heavy atom. The lowest BCUT2D eigenvalue weighted by Gasteiger charge is -2.06. The number of carbonyl (C=O) groups excluding carboxylic acids is 1. The van der Waals surface area contributed by atoms with E-state index < -0.39 is 5.97 Å². The zero-order valence-electron chi connectivity index (χ0n) is 7.17. The predicted molar refractivity (Wildman–Crippen MR) is 55.2 cm³/mol. The van der Waals surface area contributed by atoms with Crippen LogP contribution in [0.2, 0.25) is 5.02 Å². The lowest BCUT2D eigenvalue weighted by atomic mass is 10.2. The fraction of sp³-hybridized carbons (Fsp3) is 0.111. The van der Waals surface area contributed by atoms with Crippen LogP contribution in [-0.4, -0.2) is 5.97 Å². The number of nitriles is 1. The number of nitrogens with zero attached hydrogens (tertiary/aromatic N) is 1. The summed E-state index contributed by atoms with van der Waals surface area (Å²) in [6.07, 6.45) is 0. The molecule has 0 saturated carbocycles. The van der Waals surface area contributed by atoms with E-state index in [0.29, 0.717) is 9.50 Å². The molecular weight excluding hydrogens is 269 g/mol. The molecule has 1 rings (SSSR count). The van der Waals surface area contributed by atoms with Crippen molar-refractivity contribution in [1.29, 1.82) is 5.26 Å². The van der Waals surface area contributed by atoms with Gasteiger partial charge in [0, 0.05) is 11.9 Å². The van der Waals surface area contributed by atoms with E-state index in [9.17, 15) is 4.79 Å². The third kappa shape index (κ3) is 2.47. The van der Waals surface area contributed by atoms with Crippen LogP contribution in [0.25, 0.3) is 0 Å². The van der Waals surface area contributed by atoms with Crippen LogP contribution in [-0.2, 0) is 4.79 Å². The van der Waals surface area contributed by atoms with Crippen LogP contribution in [0, 0.1) is 11.3 Å². The van der Waals surface area contributed by atoms with Crippen molar-refractivity contribution in [3.63, 3.8) is 0 Å². The summed E-state index contributed by atoms with van der Waals surface area (Å²) in [5.41, 5.74) is 0.222. The molecule has 0 heterocycles. The van der Waals surface area contributed by atoms with E-state index in [0.717, 1.165) is 0 Å². The van der Waals surface area contributed by atoms with Gasteiger partial charge >= 0.3 is 5.97 Å². The summed E-state index contributed by atoms with van der Waals surface area (Å²) in [5, 5.41) is 9.17. The third-order valence-corrected chi connectivity index (χ3v) is 2.18. The zero-order valence-corrected chi connectivity index (χ0v) is 9.52. The molecule has 0 N–H and O–H groups in total. The summed E-state index contributed by atoms with van der Waals surface area (Å²) >= 11 is 8.87. The molecule has 72 valence electrons. The van der Waals surface area contributed by atoms with Gasteiger partial charge in [0.1, 0.15) is 6.07 Å². The van der Waals surface area contributed by atoms with Crippen molar-refractivity contribution in [3.05, 3.63) is 27.2 Å². The monoisotopic (exact) mass is 273 g/mol. The standard InChI is InChI=1S/C9H5BrClNO2/c1-5(13)14-9-6(4-12)2-7(11)3-8(9)10/h2-3H,1H3. The number of carbonyl (C=O) groups is 1. The molecule has 3 nitrogen and oxygen atoms in total. The SMILES string of the molecule is CC(=O)Oc1c(Br)cc(Cl)cc1C#N. The van der Waals surface area contributed by atoms with Gasteiger partial charge in [0.05, 0.1) is 10.0 Å². The van der Waals surface area contributed by atoms with Crippen molar-refractivity contribution in [2.45, 2.75) is 6.92 Å². The number of ether oxygens (including phenoxy) is 1. The average Bonchev–Trinajstić information content (AvgIpc) is 2.08. The van der Waals surface area contributed by atoms with Crippen molar-refractivity contribution in [2.75, 3.05) is 0 Å². The topological polar surface area (TPSA) is 50.1 Å². The van der Waals surface area contributed by atoms with Gasteiger partial charge in [0.2, 0.25) is 0 Å². The lowest BCUT2D eigenvalue weighted by Crippen LogP contribution is -2.03. The first kappa shape index (κ1) is 11.0. The summed E-state index contributed by atoms with van der Waals surface area (Å²) < 4.78 is 5.34. The Hall–Kier alpha value is -1.05.